The van der Waals surface area contributed by atoms with E-state index in [0.717, 1.165) is 4.57 Å². The van der Waals surface area contributed by atoms with E-state index in [4.69, 9.17) is 78.1 Å². The van der Waals surface area contributed by atoms with Crippen molar-refractivity contribution in [3.63, 3.8) is 0 Å². The third-order valence-corrected chi connectivity index (χ3v) is 25.9. The Morgan fingerprint density at radius 3 is 2.04 bits per heavy atom. The van der Waals surface area contributed by atoms with Crippen LogP contribution in [0.2, 0.25) is 0 Å². The number of aliphatic hydroxyl groups is 4. The maximum absolute atomic E-state index is 14.2. The van der Waals surface area contributed by atoms with Gasteiger partial charge in [-0.2, -0.15) is 4.31 Å². The average Bonchev–Trinajstić information content (AvgIpc) is 1.53. The van der Waals surface area contributed by atoms with Crippen molar-refractivity contribution in [2.45, 2.75) is 207 Å². The number of hydrogen-bond acceptors (Lipinski definition) is 33. The number of nitrogens with zero attached hydrogens (tertiary/aromatic N) is 9. The van der Waals surface area contributed by atoms with Crippen LogP contribution < -0.4 is 64.1 Å². The molecule has 20 atom stereocenters. The number of nitrogen functional groups attached to an aromatic ring is 2. The van der Waals surface area contributed by atoms with Crippen molar-refractivity contribution in [2.75, 3.05) is 24.6 Å². The maximum Gasteiger partial charge on any atom is 2.00 e. The number of ether oxygens (including phenoxy) is 2. The molecule has 4 aromatic heterocycles. The van der Waals surface area contributed by atoms with Crippen LogP contribution in [-0.2, 0) is 63.1 Å². The minimum Gasteiger partial charge on any atom is -0.862 e. The van der Waals surface area contributed by atoms with Gasteiger partial charge in [0.2, 0.25) is 29.5 Å². The van der Waals surface area contributed by atoms with E-state index in [9.17, 15) is 78.9 Å². The Labute approximate surface area is 657 Å². The summed E-state index contributed by atoms with van der Waals surface area (Å²) in [6, 6.07) is -1.17. The molecule has 8 bridgehead atoms. The third-order valence-electron chi connectivity index (χ3n) is 23.2. The number of aliphatic imine (C=N–C) groups is 3. The Kier molecular flexibility index (Phi) is 26.0. The fraction of sp³-hybridized carbons (Fsp3) is 0.618. The van der Waals surface area contributed by atoms with Gasteiger partial charge in [-0.15, -0.1) is 0 Å². The van der Waals surface area contributed by atoms with E-state index in [1.54, 1.807) is 59.1 Å². The Balaban J connectivity index is 0.000000669. The van der Waals surface area contributed by atoms with Crippen LogP contribution in [0.4, 0.5) is 11.8 Å². The van der Waals surface area contributed by atoms with Gasteiger partial charge in [-0.3, -0.25) is 57.7 Å². The van der Waals surface area contributed by atoms with Crippen LogP contribution in [0.15, 0.2) is 73.1 Å². The van der Waals surface area contributed by atoms with Gasteiger partial charge in [0.15, 0.2) is 24.0 Å². The molecule has 7 aliphatic heterocycles. The molecule has 1 radical (unpaired) electrons. The van der Waals surface area contributed by atoms with E-state index in [1.165, 1.54) is 25.9 Å². The molecular weight excluding hydrogens is 1570 g/mol. The van der Waals surface area contributed by atoms with E-state index in [0.29, 0.717) is 56.5 Å². The number of hydrogen-bond donors (Lipinski definition) is 18. The predicted molar refractivity (Wildman–Crippen MR) is 392 cm³/mol. The van der Waals surface area contributed by atoms with Gasteiger partial charge in [-0.05, 0) is 133 Å². The summed E-state index contributed by atoms with van der Waals surface area (Å²) in [6.07, 6.45) is -7.74. The molecule has 0 aromatic carbocycles. The standard InChI is InChI=1S/C58H86N16O18P2.C10H13N5O3.Co/c1-25(91-94(87,88)92-93(85,86)89-23-33-45(82)46(83)52(90-33)74-24-67-44-50(74)71-53(65)72-51(44)84)22-66-41(81)16-17-55(6)31(18-38(62)78)49-58(9)57(8,21-40(64)80)30(12-15-37(61)77)43(73-58)27(3)48-56(7,20-39(63)79)28(10-13-35(59)75)32(68-48)19-34-54(4,5)29(11-14-36(60)76)42(69-34)26(2)47(55)70-49;1-4-6(16)7(17)10(18-4)15-3-14-5-8(11)12-2-13-9(5)15;/h19,24-25,28-31,33,45-46,49,52,82-83H,10-18,20-23H2,1-9H3,(H19,59,60,61,62,63,64,65,66,68,69,70,71,72,73,75,76,77,78,79,80,81,84,85,86,87,88);2-4,6-7,10,16-17H,1H3,(H2,11,12,13);/q;;+2/p-3/t25-,28-,29-,30-,31+,33-,45-,46-,49-,52-,55-,56+,57+,58+;4-,6-,7-,10-;/m11./s1. The van der Waals surface area contributed by atoms with Crippen LogP contribution in [0.3, 0.4) is 0 Å². The summed E-state index contributed by atoms with van der Waals surface area (Å²) < 4.78 is 54.7. The number of H-pyrrole nitrogens is 2. The summed E-state index contributed by atoms with van der Waals surface area (Å²) in [7, 11) is -11.1. The number of rotatable bonds is 29. The van der Waals surface area contributed by atoms with Crippen molar-refractivity contribution in [3.05, 3.63) is 63.6 Å². The quantitative estimate of drug-likeness (QED) is 0.0123. The summed E-state index contributed by atoms with van der Waals surface area (Å²) in [4.78, 5) is 112. The van der Waals surface area contributed by atoms with Crippen LogP contribution in [-0.4, -0.2) is 191 Å². The zero-order chi connectivity index (χ0) is 82.8. The first-order valence-corrected chi connectivity index (χ1v) is 39.0. The summed E-state index contributed by atoms with van der Waals surface area (Å²) in [5.74, 6) is -9.18. The number of aromatic amines is 2. The fourth-order valence-corrected chi connectivity index (χ4v) is 19.5. The number of anilines is 2. The fourth-order valence-electron chi connectivity index (χ4n) is 17.2. The van der Waals surface area contributed by atoms with Gasteiger partial charge in [-0.25, -0.2) is 28.6 Å². The predicted octanol–water partition coefficient (Wildman–Crippen LogP) is -1.80. The molecular formula is C68H96CoN21O21P2-. The van der Waals surface area contributed by atoms with E-state index < -0.39 is 201 Å². The molecule has 4 aromatic rings. The van der Waals surface area contributed by atoms with Gasteiger partial charge in [0.1, 0.15) is 42.4 Å². The number of nitrogens with two attached hydrogens (primary N) is 4. The molecule has 11 heterocycles. The van der Waals surface area contributed by atoms with Crippen molar-refractivity contribution in [1.29, 1.82) is 21.6 Å². The van der Waals surface area contributed by atoms with Gasteiger partial charge in [-0.1, -0.05) is 39.6 Å². The van der Waals surface area contributed by atoms with Crippen LogP contribution in [0.5, 0.6) is 0 Å². The number of fused-ring (bicyclic) bond motifs is 8. The number of phosphoric ester groups is 2. The molecule has 0 spiro atoms. The number of amides is 3. The minimum absolute atomic E-state index is 0. The Morgan fingerprint density at radius 1 is 0.814 bits per heavy atom. The smallest absolute Gasteiger partial charge is 0.862 e. The topological polar surface area (TPSA) is 715 Å². The van der Waals surface area contributed by atoms with Gasteiger partial charge in [0.05, 0.1) is 36.7 Å². The van der Waals surface area contributed by atoms with Crippen molar-refractivity contribution in [1.82, 2.24) is 45.1 Å². The average molecular weight is 1660 g/mol. The molecule has 11 rings (SSSR count). The Hall–Kier alpha value is -8.65. The molecule has 619 valence electrons. The number of imidazole rings is 2. The largest absolute Gasteiger partial charge is 2.00 e. The van der Waals surface area contributed by atoms with E-state index in [1.807, 2.05) is 13.8 Å². The van der Waals surface area contributed by atoms with Gasteiger partial charge < -0.3 is 115 Å². The van der Waals surface area contributed by atoms with E-state index in [2.05, 4.69) is 44.8 Å². The zero-order valence-corrected chi connectivity index (χ0v) is 66.3. The zero-order valence-electron chi connectivity index (χ0n) is 63.5. The van der Waals surface area contributed by atoms with Crippen molar-refractivity contribution >= 4 is 108 Å². The first kappa shape index (κ1) is 88.3. The van der Waals surface area contributed by atoms with E-state index in [-0.39, 0.29) is 97.5 Å². The SMILES string of the molecule is CC1=C2N=C(C=C3NC(=C(C)C4=N[C@@](C)([C@@H]5N=C1[C@](C)(CCC(=O)NC[C@@H](C)OP(=O)(O)OP(=O)(O)OC[C@H]1O[C@@H]([n+]6c[nH]c7c(=O)[nH]c(N)nc76)[C@H](O)[C@@H]1O)[C@H]5CC(=N)[O-])[C@@](C)(CC(N)=O)[C@@H]4CCC(=N)[O-])[C@@](C)(CC(N)=O)[C@@H]3CCC(=N)[O-])C(C)(C)[C@@H]2CCC(=N)[O-].C[C@H]1O[C@@H](n2cnc3c(N)ncnc32)[C@H](O)[C@@H]1O.[Co+2]. The van der Waals surface area contributed by atoms with Crippen LogP contribution in [0.1, 0.15) is 152 Å². The Bertz CT molecular complexity index is 4810. The molecule has 3 saturated heterocycles. The van der Waals surface area contributed by atoms with Crippen molar-refractivity contribution in [3.8, 4) is 0 Å². The number of allylic oxidation sites excluding steroid dienone is 6. The second-order valence-corrected chi connectivity index (χ2v) is 34.0. The summed E-state index contributed by atoms with van der Waals surface area (Å²) in [6.45, 7) is 15.7. The van der Waals surface area contributed by atoms with Crippen LogP contribution >= 0.6 is 15.6 Å². The molecule has 0 aliphatic carbocycles. The van der Waals surface area contributed by atoms with Gasteiger partial charge >= 0.3 is 38.1 Å². The normalized spacial score (nSPS) is 31.6. The second-order valence-electron chi connectivity index (χ2n) is 31.0. The molecule has 42 nitrogen and oxygen atoms in total. The maximum atomic E-state index is 14.2. The molecule has 7 aliphatic rings. The molecule has 45 heteroatoms. The summed E-state index contributed by atoms with van der Waals surface area (Å²) >= 11 is 0. The summed E-state index contributed by atoms with van der Waals surface area (Å²) in [5, 5.41) is 131. The summed E-state index contributed by atoms with van der Waals surface area (Å²) in [5.41, 5.74) is 20.3. The molecule has 3 amide bonds. The first-order chi connectivity index (χ1) is 52.1. The monoisotopic (exact) mass is 1660 g/mol. The second kappa shape index (κ2) is 33.3. The van der Waals surface area contributed by atoms with Crippen LogP contribution in [0, 0.1) is 67.0 Å². The molecule has 22 N–H and O–H groups in total. The van der Waals surface area contributed by atoms with Crippen molar-refractivity contribution < 1.29 is 118 Å². The van der Waals surface area contributed by atoms with Crippen molar-refractivity contribution in [2.24, 2.45) is 71.8 Å². The molecule has 3 fully saturated rings. The van der Waals surface area contributed by atoms with Gasteiger partial charge in [0.25, 0.3) is 11.5 Å². The van der Waals surface area contributed by atoms with Gasteiger partial charge in [0, 0.05) is 99.4 Å². The molecule has 2 unspecified atom stereocenters. The number of carbonyl (C=O) groups excluding carboxylic acids is 3. The Morgan fingerprint density at radius 2 is 1.44 bits per heavy atom. The number of aromatic nitrogens is 8. The van der Waals surface area contributed by atoms with E-state index >= 15 is 0 Å². The number of carbonyl (C=O) groups is 3. The first-order valence-electron chi connectivity index (χ1n) is 36.0. The number of aliphatic hydroxyl groups excluding tert-OH is 4. The third kappa shape index (κ3) is 17.5. The minimum atomic E-state index is -5.57. The van der Waals surface area contributed by atoms with Crippen LogP contribution in [0.25, 0.3) is 22.3 Å². The molecule has 0 saturated carbocycles. The number of phosphoric acid groups is 2. The number of nitrogens with one attached hydrogen (secondary N) is 8. The molecule has 113 heavy (non-hydrogen) atoms. The number of primary amides is 2.